The van der Waals surface area contributed by atoms with Gasteiger partial charge in [-0.2, -0.15) is 0 Å². The molecular formula is C25H24F2N4O2. The molecule has 4 rings (SSSR count). The fourth-order valence-electron chi connectivity index (χ4n) is 3.91. The lowest BCUT2D eigenvalue weighted by atomic mass is 10.0. The lowest BCUT2D eigenvalue weighted by Crippen LogP contribution is -2.52. The lowest BCUT2D eigenvalue weighted by Gasteiger charge is -2.40. The molecule has 33 heavy (non-hydrogen) atoms. The first-order valence-electron chi connectivity index (χ1n) is 10.6. The van der Waals surface area contributed by atoms with Crippen LogP contribution in [0.4, 0.5) is 30.6 Å². The molecular weight excluding hydrogens is 426 g/mol. The molecule has 2 N–H and O–H groups in total. The number of hydrogen-bond donors (Lipinski definition) is 2. The molecule has 0 radical (unpaired) electrons. The van der Waals surface area contributed by atoms with Crippen molar-refractivity contribution in [1.82, 2.24) is 4.90 Å². The zero-order chi connectivity index (χ0) is 23.5. The highest BCUT2D eigenvalue weighted by Gasteiger charge is 2.35. The molecule has 1 heterocycles. The van der Waals surface area contributed by atoms with E-state index in [1.807, 2.05) is 13.0 Å². The maximum Gasteiger partial charge on any atom is 0.322 e. The molecule has 0 saturated heterocycles. The summed E-state index contributed by atoms with van der Waals surface area (Å²) in [6.45, 7) is 3.94. The van der Waals surface area contributed by atoms with E-state index in [9.17, 15) is 18.7 Å². The predicted octanol–water partition coefficient (Wildman–Crippen LogP) is 5.45. The minimum atomic E-state index is -1.08. The molecule has 2 unspecified atom stereocenters. The molecule has 0 aliphatic carbocycles. The van der Waals surface area contributed by atoms with Gasteiger partial charge < -0.3 is 15.3 Å². The van der Waals surface area contributed by atoms with Gasteiger partial charge in [0.2, 0.25) is 0 Å². The van der Waals surface area contributed by atoms with Crippen molar-refractivity contribution in [3.63, 3.8) is 0 Å². The molecule has 0 fully saturated rings. The number of amidine groups is 1. The minimum Gasteiger partial charge on any atom is -0.369 e. The van der Waals surface area contributed by atoms with Crippen LogP contribution in [0.15, 0.2) is 77.8 Å². The summed E-state index contributed by atoms with van der Waals surface area (Å²) in [5, 5.41) is 13.9. The van der Waals surface area contributed by atoms with Crippen molar-refractivity contribution in [3.05, 3.63) is 90.0 Å². The number of aliphatic imine (C=N–C) groups is 1. The third-order valence-corrected chi connectivity index (χ3v) is 5.56. The summed E-state index contributed by atoms with van der Waals surface area (Å²) in [7, 11) is 0. The number of para-hydroxylation sites is 1. The predicted molar refractivity (Wildman–Crippen MR) is 125 cm³/mol. The first-order chi connectivity index (χ1) is 15.9. The number of halogens is 2. The average Bonchev–Trinajstić information content (AvgIpc) is 2.80. The molecule has 2 atom stereocenters. The van der Waals surface area contributed by atoms with Gasteiger partial charge in [-0.25, -0.2) is 18.6 Å². The Morgan fingerprint density at radius 1 is 1.09 bits per heavy atom. The molecule has 6 nitrogen and oxygen atoms in total. The maximum absolute atomic E-state index is 13.6. The van der Waals surface area contributed by atoms with E-state index < -0.39 is 29.9 Å². The molecule has 1 aliphatic rings. The molecule has 170 valence electrons. The summed E-state index contributed by atoms with van der Waals surface area (Å²) in [5.74, 6) is -0.436. The van der Waals surface area contributed by atoms with E-state index in [0.717, 1.165) is 0 Å². The van der Waals surface area contributed by atoms with Gasteiger partial charge >= 0.3 is 6.03 Å². The highest BCUT2D eigenvalue weighted by Crippen LogP contribution is 2.37. The minimum absolute atomic E-state index is 0.330. The summed E-state index contributed by atoms with van der Waals surface area (Å²) in [5.41, 5.74) is 2.06. The molecule has 2 amide bonds. The zero-order valence-corrected chi connectivity index (χ0v) is 18.2. The van der Waals surface area contributed by atoms with Gasteiger partial charge in [-0.05, 0) is 62.4 Å². The van der Waals surface area contributed by atoms with Crippen molar-refractivity contribution in [2.24, 2.45) is 4.99 Å². The van der Waals surface area contributed by atoms with E-state index in [-0.39, 0.29) is 0 Å². The smallest absolute Gasteiger partial charge is 0.322 e. The Kier molecular flexibility index (Phi) is 6.37. The number of urea groups is 1. The monoisotopic (exact) mass is 450 g/mol. The normalized spacial score (nSPS) is 16.0. The van der Waals surface area contributed by atoms with E-state index in [2.05, 4.69) is 5.32 Å². The summed E-state index contributed by atoms with van der Waals surface area (Å²) < 4.78 is 27.1. The number of amides is 2. The molecule has 8 heteroatoms. The largest absolute Gasteiger partial charge is 0.369 e. The van der Waals surface area contributed by atoms with Gasteiger partial charge in [0.05, 0.1) is 11.7 Å². The van der Waals surface area contributed by atoms with Crippen LogP contribution >= 0.6 is 0 Å². The fourth-order valence-corrected chi connectivity index (χ4v) is 3.91. The van der Waals surface area contributed by atoms with Crippen molar-refractivity contribution in [2.75, 3.05) is 16.8 Å². The molecule has 3 aromatic carbocycles. The molecule has 1 aliphatic heterocycles. The number of benzene rings is 3. The molecule has 0 saturated carbocycles. The third-order valence-electron chi connectivity index (χ3n) is 5.56. The van der Waals surface area contributed by atoms with Gasteiger partial charge in [-0.1, -0.05) is 24.3 Å². The van der Waals surface area contributed by atoms with Gasteiger partial charge in [-0.15, -0.1) is 0 Å². The number of nitrogens with one attached hydrogen (secondary N) is 1. The number of likely N-dealkylation sites (N-methyl/N-ethyl adjacent to an activating group) is 1. The van der Waals surface area contributed by atoms with E-state index in [0.29, 0.717) is 35.0 Å². The first kappa shape index (κ1) is 22.4. The average molecular weight is 450 g/mol. The number of hydrogen-bond acceptors (Lipinski definition) is 4. The number of nitrogens with zero attached hydrogens (tertiary/aromatic N) is 3. The topological polar surface area (TPSA) is 68.2 Å². The summed E-state index contributed by atoms with van der Waals surface area (Å²) >= 11 is 0. The van der Waals surface area contributed by atoms with Gasteiger partial charge in [0.15, 0.2) is 6.23 Å². The Hall–Kier alpha value is -3.78. The SMILES string of the molecule is CCN(C(=O)Nc1cccc(F)c1)C(C)C1=Nc2ccccc2C(O)N1c1ccc(F)cc1. The molecule has 0 spiro atoms. The number of carbonyl (C=O) groups excluding carboxylic acids is 1. The maximum atomic E-state index is 13.6. The van der Waals surface area contributed by atoms with Crippen LogP contribution in [0.1, 0.15) is 25.6 Å². The fraction of sp³-hybridized carbons (Fsp3) is 0.200. The van der Waals surface area contributed by atoms with Crippen LogP contribution in [0.2, 0.25) is 0 Å². The molecule has 0 aromatic heterocycles. The van der Waals surface area contributed by atoms with Crippen LogP contribution < -0.4 is 10.2 Å². The number of anilines is 2. The van der Waals surface area contributed by atoms with Crippen LogP contribution in [0.3, 0.4) is 0 Å². The third kappa shape index (κ3) is 4.56. The number of carbonyl (C=O) groups is 1. The second-order valence-corrected chi connectivity index (χ2v) is 7.65. The summed E-state index contributed by atoms with van der Waals surface area (Å²) in [6.07, 6.45) is -1.08. The van der Waals surface area contributed by atoms with Crippen molar-refractivity contribution < 1.29 is 18.7 Å². The van der Waals surface area contributed by atoms with E-state index >= 15 is 0 Å². The Morgan fingerprint density at radius 3 is 2.52 bits per heavy atom. The second kappa shape index (κ2) is 9.38. The number of aliphatic hydroxyl groups is 1. The number of rotatable bonds is 5. The number of fused-ring (bicyclic) bond motifs is 1. The molecule has 0 bridgehead atoms. The van der Waals surface area contributed by atoms with E-state index in [1.54, 1.807) is 48.2 Å². The standard InChI is InChI=1S/C25H24F2N4O2/c1-3-30(25(33)28-19-8-6-7-18(27)15-19)16(2)23-29-22-10-5-4-9-21(22)24(32)31(23)20-13-11-17(26)12-14-20/h4-16,24,32H,3H2,1-2H3,(H,28,33). The van der Waals surface area contributed by atoms with Crippen molar-refractivity contribution >= 4 is 28.9 Å². The zero-order valence-electron chi connectivity index (χ0n) is 18.2. The lowest BCUT2D eigenvalue weighted by molar-refractivity contribution is 0.181. The Balaban J connectivity index is 1.71. The Labute approximate surface area is 190 Å². The van der Waals surface area contributed by atoms with Crippen LogP contribution in [0, 0.1) is 11.6 Å². The highest BCUT2D eigenvalue weighted by molar-refractivity contribution is 6.06. The van der Waals surface area contributed by atoms with Gasteiger partial charge in [-0.3, -0.25) is 4.90 Å². The van der Waals surface area contributed by atoms with Gasteiger partial charge in [0.25, 0.3) is 0 Å². The number of aliphatic hydroxyl groups excluding tert-OH is 1. The second-order valence-electron chi connectivity index (χ2n) is 7.65. The Morgan fingerprint density at radius 2 is 1.82 bits per heavy atom. The highest BCUT2D eigenvalue weighted by atomic mass is 19.1. The van der Waals surface area contributed by atoms with E-state index in [1.165, 1.54) is 35.2 Å². The van der Waals surface area contributed by atoms with E-state index in [4.69, 9.17) is 4.99 Å². The van der Waals surface area contributed by atoms with Crippen LogP contribution in [0.25, 0.3) is 0 Å². The summed E-state index contributed by atoms with van der Waals surface area (Å²) in [6, 6.07) is 17.5. The van der Waals surface area contributed by atoms with Gasteiger partial charge in [0.1, 0.15) is 17.5 Å². The quantitative estimate of drug-likeness (QED) is 0.543. The molecule has 3 aromatic rings. The van der Waals surface area contributed by atoms with Crippen LogP contribution in [-0.2, 0) is 0 Å². The van der Waals surface area contributed by atoms with Gasteiger partial charge in [0, 0.05) is 23.5 Å². The van der Waals surface area contributed by atoms with Crippen LogP contribution in [-0.4, -0.2) is 34.5 Å². The Bertz CT molecular complexity index is 1180. The van der Waals surface area contributed by atoms with Crippen molar-refractivity contribution in [2.45, 2.75) is 26.1 Å². The summed E-state index contributed by atoms with van der Waals surface area (Å²) in [4.78, 5) is 20.9. The first-order valence-corrected chi connectivity index (χ1v) is 10.6. The van der Waals surface area contributed by atoms with Crippen LogP contribution in [0.5, 0.6) is 0 Å². The van der Waals surface area contributed by atoms with Crippen molar-refractivity contribution in [1.29, 1.82) is 0 Å². The van der Waals surface area contributed by atoms with Crippen molar-refractivity contribution in [3.8, 4) is 0 Å².